The zero-order valence-corrected chi connectivity index (χ0v) is 4.96. The van der Waals surface area contributed by atoms with Crippen molar-refractivity contribution in [2.75, 3.05) is 0 Å². The van der Waals surface area contributed by atoms with Crippen LogP contribution in [0.4, 0.5) is 0 Å². The van der Waals surface area contributed by atoms with Crippen LogP contribution in [-0.2, 0) is 6.42 Å². The lowest BCUT2D eigenvalue weighted by molar-refractivity contribution is 1.06. The second kappa shape index (κ2) is 2.07. The van der Waals surface area contributed by atoms with Gasteiger partial charge in [0.15, 0.2) is 5.51 Å². The van der Waals surface area contributed by atoms with Gasteiger partial charge in [-0.15, -0.1) is 11.3 Å². The molecule has 0 atom stereocenters. The van der Waals surface area contributed by atoms with E-state index in [1.54, 1.807) is 0 Å². The molecule has 0 fully saturated rings. The minimum absolute atomic E-state index is 1.03. The molecule has 0 saturated carbocycles. The van der Waals surface area contributed by atoms with Crippen molar-refractivity contribution >= 4 is 11.3 Å². The summed E-state index contributed by atoms with van der Waals surface area (Å²) in [5, 5.41) is 2.01. The van der Waals surface area contributed by atoms with Gasteiger partial charge in [-0.05, 0) is 6.42 Å². The zero-order valence-electron chi connectivity index (χ0n) is 4.14. The largest absolute Gasteiger partial charge is 0.239 e. The molecule has 0 spiro atoms. The van der Waals surface area contributed by atoms with E-state index in [-0.39, 0.29) is 0 Å². The first kappa shape index (κ1) is 4.78. The predicted molar refractivity (Wildman–Crippen MR) is 30.3 cm³/mol. The van der Waals surface area contributed by atoms with E-state index >= 15 is 0 Å². The smallest absolute Gasteiger partial charge is 0.152 e. The fourth-order valence-corrected chi connectivity index (χ4v) is 0.946. The molecule has 0 aliphatic heterocycles. The first-order valence-electron chi connectivity index (χ1n) is 2.24. The van der Waals surface area contributed by atoms with E-state index < -0.39 is 0 Å². The average molecular weight is 112 g/mol. The van der Waals surface area contributed by atoms with Crippen LogP contribution >= 0.6 is 11.3 Å². The van der Waals surface area contributed by atoms with Gasteiger partial charge in [0.25, 0.3) is 0 Å². The molecule has 0 bridgehead atoms. The zero-order chi connectivity index (χ0) is 5.11. The van der Waals surface area contributed by atoms with E-state index in [4.69, 9.17) is 0 Å². The fourth-order valence-electron chi connectivity index (χ4n) is 0.368. The van der Waals surface area contributed by atoms with Crippen LogP contribution in [0.2, 0.25) is 0 Å². The number of rotatable bonds is 1. The fraction of sp³-hybridized carbons (Fsp3) is 0.400. The maximum Gasteiger partial charge on any atom is 0.152 e. The van der Waals surface area contributed by atoms with E-state index in [0.29, 0.717) is 0 Å². The highest BCUT2D eigenvalue weighted by Crippen LogP contribution is 1.98. The Kier molecular flexibility index (Phi) is 1.42. The maximum absolute atomic E-state index is 3.93. The van der Waals surface area contributed by atoms with Gasteiger partial charge in [-0.2, -0.15) is 0 Å². The lowest BCUT2D eigenvalue weighted by Crippen LogP contribution is -1.73. The third kappa shape index (κ3) is 0.996. The van der Waals surface area contributed by atoms with Crippen molar-refractivity contribution in [1.29, 1.82) is 0 Å². The highest BCUT2D eigenvalue weighted by atomic mass is 32.1. The Morgan fingerprint density at radius 2 is 2.86 bits per heavy atom. The van der Waals surface area contributed by atoms with Gasteiger partial charge < -0.3 is 0 Å². The highest BCUT2D eigenvalue weighted by Gasteiger charge is 1.85. The molecule has 1 aromatic rings. The lowest BCUT2D eigenvalue weighted by atomic mass is 10.4. The van der Waals surface area contributed by atoms with Crippen molar-refractivity contribution in [1.82, 2.24) is 4.98 Å². The van der Waals surface area contributed by atoms with Crippen molar-refractivity contribution in [3.8, 4) is 0 Å². The molecule has 1 rings (SSSR count). The minimum Gasteiger partial charge on any atom is -0.239 e. The van der Waals surface area contributed by atoms with Gasteiger partial charge in [-0.1, -0.05) is 6.92 Å². The van der Waals surface area contributed by atoms with Crippen LogP contribution in [0, 0.1) is 5.51 Å². The Balaban J connectivity index is 2.76. The molecule has 37 valence electrons. The molecule has 1 heterocycles. The predicted octanol–water partition coefficient (Wildman–Crippen LogP) is 1.51. The quantitative estimate of drug-likeness (QED) is 0.536. The van der Waals surface area contributed by atoms with E-state index in [0.717, 1.165) is 12.1 Å². The molecule has 2 heteroatoms. The molecule has 1 radical (unpaired) electrons. The summed E-state index contributed by atoms with van der Waals surface area (Å²) in [6.07, 6.45) is 1.03. The summed E-state index contributed by atoms with van der Waals surface area (Å²) in [5.41, 5.74) is 3.92. The van der Waals surface area contributed by atoms with Gasteiger partial charge in [-0.3, -0.25) is 0 Å². The monoisotopic (exact) mass is 112 g/mol. The Bertz CT molecular complexity index is 123. The van der Waals surface area contributed by atoms with E-state index in [2.05, 4.69) is 17.4 Å². The molecule has 0 saturated heterocycles. The SMILES string of the molecule is CCc1cs[c]n1. The van der Waals surface area contributed by atoms with Crippen molar-refractivity contribution < 1.29 is 0 Å². The number of aryl methyl sites for hydroxylation is 1. The molecule has 0 N–H and O–H groups in total. The number of hydrogen-bond donors (Lipinski definition) is 0. The Morgan fingerprint density at radius 3 is 3.14 bits per heavy atom. The molecule has 0 amide bonds. The second-order valence-corrected chi connectivity index (χ2v) is 1.94. The Labute approximate surface area is 47.0 Å². The molecule has 1 nitrogen and oxygen atoms in total. The molecule has 0 aliphatic carbocycles. The molecular formula is C5H6NS. The molecule has 0 unspecified atom stereocenters. The van der Waals surface area contributed by atoms with E-state index in [1.807, 2.05) is 5.38 Å². The van der Waals surface area contributed by atoms with Crippen LogP contribution in [0.1, 0.15) is 12.6 Å². The van der Waals surface area contributed by atoms with E-state index in [1.165, 1.54) is 11.3 Å². The van der Waals surface area contributed by atoms with Gasteiger partial charge in [0.1, 0.15) is 0 Å². The van der Waals surface area contributed by atoms with Gasteiger partial charge in [0.2, 0.25) is 0 Å². The van der Waals surface area contributed by atoms with Gasteiger partial charge >= 0.3 is 0 Å². The molecule has 0 aliphatic rings. The van der Waals surface area contributed by atoms with Crippen LogP contribution in [0.5, 0.6) is 0 Å². The number of aromatic nitrogens is 1. The number of hydrogen-bond acceptors (Lipinski definition) is 2. The van der Waals surface area contributed by atoms with Crippen LogP contribution < -0.4 is 0 Å². The Hall–Kier alpha value is -0.370. The van der Waals surface area contributed by atoms with Crippen LogP contribution in [0.25, 0.3) is 0 Å². The third-order valence-electron chi connectivity index (χ3n) is 0.799. The van der Waals surface area contributed by atoms with Crippen molar-refractivity contribution in [2.24, 2.45) is 0 Å². The van der Waals surface area contributed by atoms with Crippen molar-refractivity contribution in [3.05, 3.63) is 16.6 Å². The highest BCUT2D eigenvalue weighted by molar-refractivity contribution is 7.07. The molecular weight excluding hydrogens is 106 g/mol. The second-order valence-electron chi connectivity index (χ2n) is 1.28. The summed E-state index contributed by atoms with van der Waals surface area (Å²) >= 11 is 1.53. The first-order valence-corrected chi connectivity index (χ1v) is 3.12. The third-order valence-corrected chi connectivity index (χ3v) is 1.39. The van der Waals surface area contributed by atoms with Gasteiger partial charge in [0.05, 0.1) is 5.69 Å². The molecule has 7 heavy (non-hydrogen) atoms. The van der Waals surface area contributed by atoms with Crippen molar-refractivity contribution in [3.63, 3.8) is 0 Å². The summed E-state index contributed by atoms with van der Waals surface area (Å²) in [6, 6.07) is 0. The molecule has 0 aromatic carbocycles. The maximum atomic E-state index is 3.93. The number of thiazole rings is 1. The lowest BCUT2D eigenvalue weighted by Gasteiger charge is -1.77. The summed E-state index contributed by atoms with van der Waals surface area (Å²) in [5.74, 6) is 0. The summed E-state index contributed by atoms with van der Waals surface area (Å²) in [4.78, 5) is 3.93. The van der Waals surface area contributed by atoms with Crippen LogP contribution in [-0.4, -0.2) is 4.98 Å². The summed E-state index contributed by atoms with van der Waals surface area (Å²) in [7, 11) is 0. The van der Waals surface area contributed by atoms with Gasteiger partial charge in [-0.25, -0.2) is 4.98 Å². The van der Waals surface area contributed by atoms with Crippen LogP contribution in [0.15, 0.2) is 5.38 Å². The standard InChI is InChI=1S/C5H6NS/c1-2-5-3-7-4-6-5/h3H,2H2,1H3. The normalized spacial score (nSPS) is 9.29. The van der Waals surface area contributed by atoms with Gasteiger partial charge in [0, 0.05) is 5.38 Å². The summed E-state index contributed by atoms with van der Waals surface area (Å²) in [6.45, 7) is 2.09. The van der Waals surface area contributed by atoms with Crippen molar-refractivity contribution in [2.45, 2.75) is 13.3 Å². The minimum atomic E-state index is 1.03. The first-order chi connectivity index (χ1) is 3.43. The molecule has 1 aromatic heterocycles. The Morgan fingerprint density at radius 1 is 2.00 bits per heavy atom. The average Bonchev–Trinajstić information content (AvgIpc) is 2.14. The van der Waals surface area contributed by atoms with E-state index in [9.17, 15) is 0 Å². The summed E-state index contributed by atoms with van der Waals surface area (Å²) < 4.78 is 0. The van der Waals surface area contributed by atoms with Crippen LogP contribution in [0.3, 0.4) is 0 Å². The number of nitrogens with zero attached hydrogens (tertiary/aromatic N) is 1. The topological polar surface area (TPSA) is 12.9 Å².